The molecule has 1 fully saturated rings. The molecule has 11 nitrogen and oxygen atoms in total. The third kappa shape index (κ3) is 5.47. The van der Waals surface area contributed by atoms with Crippen LogP contribution in [0.25, 0.3) is 10.4 Å². The van der Waals surface area contributed by atoms with Crippen molar-refractivity contribution in [3.63, 3.8) is 0 Å². The van der Waals surface area contributed by atoms with Gasteiger partial charge >= 0.3 is 17.9 Å². The predicted octanol–water partition coefficient (Wildman–Crippen LogP) is 1.77. The summed E-state index contributed by atoms with van der Waals surface area (Å²) in [6, 6.07) is 7.36. The van der Waals surface area contributed by atoms with E-state index in [4.69, 9.17) is 24.5 Å². The fraction of sp³-hybridized carbons (Fsp3) is 0.526. The lowest BCUT2D eigenvalue weighted by molar-refractivity contribution is -0.325. The average molecular weight is 421 g/mol. The van der Waals surface area contributed by atoms with Gasteiger partial charge in [-0.1, -0.05) is 42.4 Å². The van der Waals surface area contributed by atoms with E-state index in [1.54, 1.807) is 30.3 Å². The summed E-state index contributed by atoms with van der Waals surface area (Å²) in [7, 11) is 0. The maximum Gasteiger partial charge on any atom is 0.339 e. The summed E-state index contributed by atoms with van der Waals surface area (Å²) in [5.74, 6) is -4.72. The Morgan fingerprint density at radius 2 is 1.83 bits per heavy atom. The van der Waals surface area contributed by atoms with Gasteiger partial charge in [-0.2, -0.15) is 0 Å². The first-order valence-corrected chi connectivity index (χ1v) is 9.21. The average Bonchev–Trinajstić information content (AvgIpc) is 2.71. The Labute approximate surface area is 172 Å². The van der Waals surface area contributed by atoms with Crippen LogP contribution in [0.3, 0.4) is 0 Å². The number of carbonyl (C=O) groups excluding carboxylic acids is 3. The van der Waals surface area contributed by atoms with Gasteiger partial charge in [0.1, 0.15) is 12.6 Å². The van der Waals surface area contributed by atoms with Gasteiger partial charge in [0.15, 0.2) is 18.3 Å². The van der Waals surface area contributed by atoms with E-state index in [2.05, 4.69) is 10.0 Å². The lowest BCUT2D eigenvalue weighted by Crippen LogP contribution is -2.67. The second kappa shape index (κ2) is 10.1. The highest BCUT2D eigenvalue weighted by molar-refractivity contribution is 5.77. The number of benzene rings is 1. The Bertz CT molecular complexity index is 826. The minimum absolute atomic E-state index is 0.101. The molecule has 0 unspecified atom stereocenters. The molecule has 0 amide bonds. The molecule has 1 aliphatic heterocycles. The van der Waals surface area contributed by atoms with E-state index in [0.717, 1.165) is 13.8 Å². The maximum atomic E-state index is 12.8. The van der Waals surface area contributed by atoms with Gasteiger partial charge in [-0.15, -0.1) is 0 Å². The second-order valence-corrected chi connectivity index (χ2v) is 6.63. The Kier molecular flexibility index (Phi) is 7.76. The van der Waals surface area contributed by atoms with Crippen LogP contribution in [0.4, 0.5) is 0 Å². The first-order valence-electron chi connectivity index (χ1n) is 9.21. The quantitative estimate of drug-likeness (QED) is 0.229. The molecule has 5 atom stereocenters. The first kappa shape index (κ1) is 23.1. The molecule has 1 N–H and O–H groups in total. The van der Waals surface area contributed by atoms with Crippen LogP contribution in [0.5, 0.6) is 0 Å². The molecule has 0 spiro atoms. The molecular formula is C19H23N3O8. The Hall–Kier alpha value is -3.14. The number of carbonyl (C=O) groups is 3. The molecule has 1 aromatic carbocycles. The van der Waals surface area contributed by atoms with Gasteiger partial charge in [0.25, 0.3) is 0 Å². The summed E-state index contributed by atoms with van der Waals surface area (Å²) in [5, 5.41) is 14.4. The fourth-order valence-electron chi connectivity index (χ4n) is 3.10. The number of ether oxygens (including phenoxy) is 4. The molecular weight excluding hydrogens is 398 g/mol. The molecule has 0 bridgehead atoms. The van der Waals surface area contributed by atoms with Crippen molar-refractivity contribution in [1.29, 1.82) is 0 Å². The van der Waals surface area contributed by atoms with Crippen molar-refractivity contribution in [2.45, 2.75) is 63.9 Å². The molecule has 2 rings (SSSR count). The van der Waals surface area contributed by atoms with Crippen LogP contribution in [0, 0.1) is 0 Å². The van der Waals surface area contributed by atoms with E-state index in [0.29, 0.717) is 5.56 Å². The van der Waals surface area contributed by atoms with Gasteiger partial charge in [-0.3, -0.25) is 9.59 Å². The predicted molar refractivity (Wildman–Crippen MR) is 100 cm³/mol. The van der Waals surface area contributed by atoms with Crippen LogP contribution in [-0.2, 0) is 39.9 Å². The molecule has 0 aliphatic carbocycles. The van der Waals surface area contributed by atoms with E-state index in [9.17, 15) is 19.5 Å². The normalized spacial score (nSPS) is 28.0. The standard InChI is InChI=1S/C19H23N3O8/c1-4-19(26)17(29-12(3)24)14(21-22-20)15(28-11(2)23)16(30-19)18(25)27-10-13-8-6-5-7-9-13/h5-9,14-17,26H,4,10H2,1-3H3/t14-,15-,16-,17+,19+/m0/s1. The number of azide groups is 1. The Morgan fingerprint density at radius 1 is 1.20 bits per heavy atom. The summed E-state index contributed by atoms with van der Waals surface area (Å²) < 4.78 is 21.0. The van der Waals surface area contributed by atoms with E-state index in [1.807, 2.05) is 0 Å². The van der Waals surface area contributed by atoms with Gasteiger partial charge in [-0.25, -0.2) is 4.79 Å². The topological polar surface area (TPSA) is 157 Å². The minimum Gasteiger partial charge on any atom is -0.459 e. The van der Waals surface area contributed by atoms with Crippen molar-refractivity contribution in [1.82, 2.24) is 0 Å². The summed E-state index contributed by atoms with van der Waals surface area (Å²) in [5.41, 5.74) is 9.68. The van der Waals surface area contributed by atoms with E-state index < -0.39 is 48.0 Å². The molecule has 11 heteroatoms. The second-order valence-electron chi connectivity index (χ2n) is 6.63. The highest BCUT2D eigenvalue weighted by atomic mass is 16.7. The van der Waals surface area contributed by atoms with Crippen molar-refractivity contribution in [3.05, 3.63) is 46.3 Å². The Balaban J connectivity index is 2.37. The third-order valence-electron chi connectivity index (χ3n) is 4.46. The molecule has 30 heavy (non-hydrogen) atoms. The van der Waals surface area contributed by atoms with E-state index in [1.165, 1.54) is 6.92 Å². The van der Waals surface area contributed by atoms with Crippen LogP contribution >= 0.6 is 0 Å². The molecule has 1 saturated heterocycles. The summed E-state index contributed by atoms with van der Waals surface area (Å²) in [4.78, 5) is 38.6. The largest absolute Gasteiger partial charge is 0.459 e. The molecule has 0 radical (unpaired) electrons. The van der Waals surface area contributed by atoms with Gasteiger partial charge in [0.05, 0.1) is 0 Å². The summed E-state index contributed by atoms with van der Waals surface area (Å²) in [6.07, 6.45) is -4.75. The fourth-order valence-corrected chi connectivity index (χ4v) is 3.10. The van der Waals surface area contributed by atoms with Crippen LogP contribution in [0.2, 0.25) is 0 Å². The molecule has 1 heterocycles. The highest BCUT2D eigenvalue weighted by Gasteiger charge is 2.58. The van der Waals surface area contributed by atoms with Crippen molar-refractivity contribution in [2.75, 3.05) is 0 Å². The van der Waals surface area contributed by atoms with Crippen molar-refractivity contribution >= 4 is 17.9 Å². The number of aliphatic hydroxyl groups is 1. The monoisotopic (exact) mass is 421 g/mol. The van der Waals surface area contributed by atoms with Crippen LogP contribution in [-0.4, -0.2) is 53.2 Å². The van der Waals surface area contributed by atoms with Crippen molar-refractivity contribution in [2.24, 2.45) is 5.11 Å². The van der Waals surface area contributed by atoms with Crippen molar-refractivity contribution < 1.29 is 38.4 Å². The molecule has 0 saturated carbocycles. The third-order valence-corrected chi connectivity index (χ3v) is 4.46. The highest BCUT2D eigenvalue weighted by Crippen LogP contribution is 2.36. The first-order chi connectivity index (χ1) is 14.2. The number of nitrogens with zero attached hydrogens (tertiary/aromatic N) is 3. The number of rotatable bonds is 7. The summed E-state index contributed by atoms with van der Waals surface area (Å²) >= 11 is 0. The van der Waals surface area contributed by atoms with Gasteiger partial charge < -0.3 is 24.1 Å². The van der Waals surface area contributed by atoms with Crippen molar-refractivity contribution in [3.8, 4) is 0 Å². The zero-order chi connectivity index (χ0) is 22.3. The lowest BCUT2D eigenvalue weighted by atomic mass is 9.88. The molecule has 162 valence electrons. The SMILES string of the molecule is CC[C@@]1(O)O[C@H](C(=O)OCc2ccccc2)[C@@H](OC(C)=O)[C@H](N=[N+]=[N-])[C@H]1OC(C)=O. The van der Waals surface area contributed by atoms with Crippen LogP contribution < -0.4 is 0 Å². The maximum absolute atomic E-state index is 12.8. The van der Waals surface area contributed by atoms with Gasteiger partial charge in [0, 0.05) is 25.2 Å². The van der Waals surface area contributed by atoms with E-state index >= 15 is 0 Å². The smallest absolute Gasteiger partial charge is 0.339 e. The lowest BCUT2D eigenvalue weighted by Gasteiger charge is -2.47. The van der Waals surface area contributed by atoms with E-state index in [-0.39, 0.29) is 13.0 Å². The van der Waals surface area contributed by atoms with Gasteiger partial charge in [0.2, 0.25) is 5.79 Å². The van der Waals surface area contributed by atoms with Crippen LogP contribution in [0.1, 0.15) is 32.8 Å². The van der Waals surface area contributed by atoms with Gasteiger partial charge in [-0.05, 0) is 11.1 Å². The molecule has 1 aliphatic rings. The minimum atomic E-state index is -2.18. The number of hydrogen-bond donors (Lipinski definition) is 1. The molecule has 0 aromatic heterocycles. The number of esters is 3. The summed E-state index contributed by atoms with van der Waals surface area (Å²) in [6.45, 7) is 3.59. The zero-order valence-electron chi connectivity index (χ0n) is 16.8. The molecule has 1 aromatic rings. The zero-order valence-corrected chi connectivity index (χ0v) is 16.8. The number of hydrogen-bond acceptors (Lipinski definition) is 9. The Morgan fingerprint density at radius 3 is 2.37 bits per heavy atom. The van der Waals surface area contributed by atoms with Crippen LogP contribution in [0.15, 0.2) is 35.4 Å².